The van der Waals surface area contributed by atoms with Gasteiger partial charge < -0.3 is 14.8 Å². The van der Waals surface area contributed by atoms with Crippen LogP contribution >= 0.6 is 0 Å². The van der Waals surface area contributed by atoms with Crippen molar-refractivity contribution in [2.45, 2.75) is 25.2 Å². The SMILES string of the molecule is Cn1nc(C2CCNCC2)nc1NC(=O)c1ccc2c(c1)OCCCO2. The highest BCUT2D eigenvalue weighted by Crippen LogP contribution is 2.30. The molecule has 0 spiro atoms. The topological polar surface area (TPSA) is 90.3 Å². The lowest BCUT2D eigenvalue weighted by Crippen LogP contribution is -2.27. The molecule has 0 bridgehead atoms. The third kappa shape index (κ3) is 3.50. The number of carbonyl (C=O) groups excluding carboxylic acids is 1. The van der Waals surface area contributed by atoms with Crippen molar-refractivity contribution >= 4 is 11.9 Å². The Morgan fingerprint density at radius 1 is 1.23 bits per heavy atom. The van der Waals surface area contributed by atoms with Crippen LogP contribution in [-0.2, 0) is 7.05 Å². The molecule has 8 heteroatoms. The molecule has 1 aromatic carbocycles. The lowest BCUT2D eigenvalue weighted by atomic mass is 9.98. The zero-order chi connectivity index (χ0) is 17.9. The minimum Gasteiger partial charge on any atom is -0.490 e. The van der Waals surface area contributed by atoms with Gasteiger partial charge in [-0.25, -0.2) is 4.68 Å². The maximum Gasteiger partial charge on any atom is 0.258 e. The van der Waals surface area contributed by atoms with Crippen LogP contribution in [-0.4, -0.2) is 47.0 Å². The Labute approximate surface area is 151 Å². The van der Waals surface area contributed by atoms with Crippen molar-refractivity contribution in [1.29, 1.82) is 0 Å². The molecule has 1 amide bonds. The van der Waals surface area contributed by atoms with Crippen LogP contribution in [0.15, 0.2) is 18.2 Å². The fourth-order valence-electron chi connectivity index (χ4n) is 3.24. The summed E-state index contributed by atoms with van der Waals surface area (Å²) in [6, 6.07) is 5.21. The van der Waals surface area contributed by atoms with E-state index in [0.29, 0.717) is 42.1 Å². The number of nitrogens with one attached hydrogen (secondary N) is 2. The molecule has 0 unspecified atom stereocenters. The number of nitrogens with zero attached hydrogens (tertiary/aromatic N) is 3. The predicted octanol–water partition coefficient (Wildman–Crippen LogP) is 1.70. The Bertz CT molecular complexity index is 798. The summed E-state index contributed by atoms with van der Waals surface area (Å²) < 4.78 is 12.9. The molecule has 0 atom stereocenters. The second-order valence-corrected chi connectivity index (χ2v) is 6.61. The maximum absolute atomic E-state index is 12.6. The van der Waals surface area contributed by atoms with Gasteiger partial charge in [0.15, 0.2) is 17.3 Å². The minimum absolute atomic E-state index is 0.243. The number of amides is 1. The molecule has 3 heterocycles. The van der Waals surface area contributed by atoms with Crippen LogP contribution < -0.4 is 20.1 Å². The van der Waals surface area contributed by atoms with E-state index in [1.165, 1.54) is 0 Å². The summed E-state index contributed by atoms with van der Waals surface area (Å²) in [4.78, 5) is 17.2. The molecular formula is C18H23N5O3. The summed E-state index contributed by atoms with van der Waals surface area (Å²) in [6.45, 7) is 3.15. The summed E-state index contributed by atoms with van der Waals surface area (Å²) >= 11 is 0. The molecule has 1 saturated heterocycles. The van der Waals surface area contributed by atoms with Crippen molar-refractivity contribution in [3.05, 3.63) is 29.6 Å². The van der Waals surface area contributed by atoms with Crippen LogP contribution in [0.3, 0.4) is 0 Å². The number of fused-ring (bicyclic) bond motifs is 1. The van der Waals surface area contributed by atoms with Gasteiger partial charge in [0.2, 0.25) is 5.95 Å². The largest absolute Gasteiger partial charge is 0.490 e. The number of carbonyl (C=O) groups is 1. The third-order valence-electron chi connectivity index (χ3n) is 4.72. The fraction of sp³-hybridized carbons (Fsp3) is 0.500. The molecular weight excluding hydrogens is 334 g/mol. The number of piperidine rings is 1. The Hall–Kier alpha value is -2.61. The van der Waals surface area contributed by atoms with Gasteiger partial charge in [-0.3, -0.25) is 10.1 Å². The second kappa shape index (κ2) is 7.33. The third-order valence-corrected chi connectivity index (χ3v) is 4.72. The van der Waals surface area contributed by atoms with E-state index in [4.69, 9.17) is 9.47 Å². The molecule has 2 aliphatic rings. The van der Waals surface area contributed by atoms with Crippen molar-refractivity contribution in [2.75, 3.05) is 31.6 Å². The number of ether oxygens (including phenoxy) is 2. The van der Waals surface area contributed by atoms with Crippen LogP contribution in [0.5, 0.6) is 11.5 Å². The Morgan fingerprint density at radius 2 is 2.00 bits per heavy atom. The van der Waals surface area contributed by atoms with Crippen LogP contribution in [0, 0.1) is 0 Å². The van der Waals surface area contributed by atoms with Crippen molar-refractivity contribution < 1.29 is 14.3 Å². The highest BCUT2D eigenvalue weighted by molar-refractivity contribution is 6.03. The van der Waals surface area contributed by atoms with Gasteiger partial charge in [-0.2, -0.15) is 10.1 Å². The van der Waals surface area contributed by atoms with E-state index in [2.05, 4.69) is 20.7 Å². The van der Waals surface area contributed by atoms with Gasteiger partial charge in [0.05, 0.1) is 13.2 Å². The molecule has 2 aliphatic heterocycles. The number of rotatable bonds is 3. The second-order valence-electron chi connectivity index (χ2n) is 6.61. The molecule has 8 nitrogen and oxygen atoms in total. The predicted molar refractivity (Wildman–Crippen MR) is 95.8 cm³/mol. The molecule has 138 valence electrons. The van der Waals surface area contributed by atoms with E-state index in [0.717, 1.165) is 38.2 Å². The number of anilines is 1. The van der Waals surface area contributed by atoms with Crippen molar-refractivity contribution in [2.24, 2.45) is 7.05 Å². The van der Waals surface area contributed by atoms with E-state index in [9.17, 15) is 4.79 Å². The molecule has 4 rings (SSSR count). The first-order valence-electron chi connectivity index (χ1n) is 9.03. The van der Waals surface area contributed by atoms with Gasteiger partial charge in [-0.05, 0) is 44.1 Å². The van der Waals surface area contributed by atoms with Crippen molar-refractivity contribution in [3.63, 3.8) is 0 Å². The number of hydrogen-bond donors (Lipinski definition) is 2. The van der Waals surface area contributed by atoms with E-state index < -0.39 is 0 Å². The molecule has 0 aliphatic carbocycles. The highest BCUT2D eigenvalue weighted by Gasteiger charge is 2.22. The van der Waals surface area contributed by atoms with Crippen LogP contribution in [0.1, 0.15) is 41.4 Å². The summed E-state index contributed by atoms with van der Waals surface area (Å²) in [5.41, 5.74) is 0.501. The summed E-state index contributed by atoms with van der Waals surface area (Å²) in [5.74, 6) is 2.62. The molecule has 0 radical (unpaired) electrons. The van der Waals surface area contributed by atoms with Crippen molar-refractivity contribution in [1.82, 2.24) is 20.1 Å². The van der Waals surface area contributed by atoms with Crippen LogP contribution in [0.2, 0.25) is 0 Å². The van der Waals surface area contributed by atoms with Crippen molar-refractivity contribution in [3.8, 4) is 11.5 Å². The zero-order valence-corrected chi connectivity index (χ0v) is 14.8. The van der Waals surface area contributed by atoms with Gasteiger partial charge in [-0.1, -0.05) is 0 Å². The molecule has 1 aromatic heterocycles. The quantitative estimate of drug-likeness (QED) is 0.869. The van der Waals surface area contributed by atoms with Gasteiger partial charge in [0, 0.05) is 24.9 Å². The normalized spacial score (nSPS) is 17.6. The first-order chi connectivity index (χ1) is 12.7. The monoisotopic (exact) mass is 357 g/mol. The standard InChI is InChI=1S/C18H23N5O3/c1-23-18(20-16(22-23)12-5-7-19-8-6-12)21-17(24)13-3-4-14-15(11-13)26-10-2-9-25-14/h3-4,11-12,19H,2,5-10H2,1H3,(H,20,21,22,24). The maximum atomic E-state index is 12.6. The van der Waals surface area contributed by atoms with Crippen LogP contribution in [0.25, 0.3) is 0 Å². The fourth-order valence-corrected chi connectivity index (χ4v) is 3.24. The molecule has 0 saturated carbocycles. The average Bonchev–Trinajstić information content (AvgIpc) is 2.89. The number of aromatic nitrogens is 3. The zero-order valence-electron chi connectivity index (χ0n) is 14.8. The first-order valence-corrected chi connectivity index (χ1v) is 9.03. The van der Waals surface area contributed by atoms with Gasteiger partial charge in [0.1, 0.15) is 0 Å². The molecule has 1 fully saturated rings. The summed E-state index contributed by atoms with van der Waals surface area (Å²) in [7, 11) is 1.79. The van der Waals surface area contributed by atoms with E-state index in [1.54, 1.807) is 29.9 Å². The Balaban J connectivity index is 1.49. The van der Waals surface area contributed by atoms with Gasteiger partial charge in [-0.15, -0.1) is 0 Å². The lowest BCUT2D eigenvalue weighted by molar-refractivity contribution is 0.102. The summed E-state index contributed by atoms with van der Waals surface area (Å²) in [5, 5.41) is 10.7. The lowest BCUT2D eigenvalue weighted by Gasteiger charge is -2.19. The van der Waals surface area contributed by atoms with Gasteiger partial charge in [0.25, 0.3) is 5.91 Å². The number of aryl methyl sites for hydroxylation is 1. The summed E-state index contributed by atoms with van der Waals surface area (Å²) in [6.07, 6.45) is 2.85. The first kappa shape index (κ1) is 16.8. The highest BCUT2D eigenvalue weighted by atomic mass is 16.5. The molecule has 26 heavy (non-hydrogen) atoms. The Morgan fingerprint density at radius 3 is 2.81 bits per heavy atom. The average molecular weight is 357 g/mol. The van der Waals surface area contributed by atoms with E-state index in [-0.39, 0.29) is 5.91 Å². The van der Waals surface area contributed by atoms with Crippen LogP contribution in [0.4, 0.5) is 5.95 Å². The number of hydrogen-bond acceptors (Lipinski definition) is 6. The molecule has 2 N–H and O–H groups in total. The van der Waals surface area contributed by atoms with Gasteiger partial charge >= 0.3 is 0 Å². The van der Waals surface area contributed by atoms with E-state index in [1.807, 2.05) is 0 Å². The number of benzene rings is 1. The Kier molecular flexibility index (Phi) is 4.75. The minimum atomic E-state index is -0.243. The van der Waals surface area contributed by atoms with E-state index >= 15 is 0 Å². The molecule has 2 aromatic rings. The smallest absolute Gasteiger partial charge is 0.258 e.